The Hall–Kier alpha value is -2.90. The minimum Gasteiger partial charge on any atom is -0.497 e. The van der Waals surface area contributed by atoms with E-state index in [4.69, 9.17) is 4.74 Å². The highest BCUT2D eigenvalue weighted by Gasteiger charge is 2.29. The van der Waals surface area contributed by atoms with Crippen molar-refractivity contribution in [1.29, 1.82) is 0 Å². The molecule has 5 nitrogen and oxygen atoms in total. The SMILES string of the molecule is CCc1cc2c(s1)NC=c1cc(F)cnc1=C2N1CCN(C)C(CCc2ccc(OC)cc2)C1. The number of aryl methyl sites for hydroxylation is 2. The molecule has 0 aliphatic carbocycles. The van der Waals surface area contributed by atoms with Gasteiger partial charge in [-0.2, -0.15) is 0 Å². The first-order valence-electron chi connectivity index (χ1n) is 11.9. The van der Waals surface area contributed by atoms with Crippen LogP contribution >= 0.6 is 11.3 Å². The molecule has 34 heavy (non-hydrogen) atoms. The van der Waals surface area contributed by atoms with Crippen molar-refractivity contribution < 1.29 is 9.13 Å². The zero-order chi connectivity index (χ0) is 23.7. The number of anilines is 1. The number of rotatable bonds is 6. The molecule has 1 N–H and O–H groups in total. The number of ether oxygens (including phenoxy) is 1. The summed E-state index contributed by atoms with van der Waals surface area (Å²) < 4.78 is 19.3. The molecule has 1 aromatic carbocycles. The molecule has 1 fully saturated rings. The minimum atomic E-state index is -0.314. The number of hydrogen-bond acceptors (Lipinski definition) is 6. The Morgan fingerprint density at radius 1 is 1.21 bits per heavy atom. The van der Waals surface area contributed by atoms with Gasteiger partial charge < -0.3 is 15.0 Å². The second-order valence-corrected chi connectivity index (χ2v) is 10.1. The van der Waals surface area contributed by atoms with Crippen LogP contribution in [0.2, 0.25) is 0 Å². The number of hydrogen-bond donors (Lipinski definition) is 1. The van der Waals surface area contributed by atoms with Crippen molar-refractivity contribution in [3.8, 4) is 5.75 Å². The number of fused-ring (bicyclic) bond motifs is 2. The van der Waals surface area contributed by atoms with Gasteiger partial charge in [-0.25, -0.2) is 4.39 Å². The molecule has 2 aliphatic heterocycles. The lowest BCUT2D eigenvalue weighted by Crippen LogP contribution is -2.52. The van der Waals surface area contributed by atoms with Gasteiger partial charge in [-0.15, -0.1) is 11.3 Å². The van der Waals surface area contributed by atoms with E-state index in [2.05, 4.69) is 52.3 Å². The van der Waals surface area contributed by atoms with Crippen LogP contribution in [0.1, 0.15) is 29.3 Å². The number of thiophene rings is 1. The van der Waals surface area contributed by atoms with Gasteiger partial charge in [0, 0.05) is 47.5 Å². The van der Waals surface area contributed by atoms with Gasteiger partial charge in [0.2, 0.25) is 0 Å². The van der Waals surface area contributed by atoms with Gasteiger partial charge in [-0.05, 0) is 56.1 Å². The average Bonchev–Trinajstić information content (AvgIpc) is 3.21. The van der Waals surface area contributed by atoms with Crippen molar-refractivity contribution in [3.63, 3.8) is 0 Å². The molecule has 1 saturated heterocycles. The summed E-state index contributed by atoms with van der Waals surface area (Å²) in [5.74, 6) is 0.576. The highest BCUT2D eigenvalue weighted by atomic mass is 32.1. The monoisotopic (exact) mass is 478 g/mol. The van der Waals surface area contributed by atoms with Crippen molar-refractivity contribution >= 4 is 28.2 Å². The lowest BCUT2D eigenvalue weighted by Gasteiger charge is -2.41. The van der Waals surface area contributed by atoms with E-state index in [1.54, 1.807) is 24.5 Å². The first-order chi connectivity index (χ1) is 16.6. The van der Waals surface area contributed by atoms with Gasteiger partial charge in [0.15, 0.2) is 0 Å². The lowest BCUT2D eigenvalue weighted by molar-refractivity contribution is 0.128. The van der Waals surface area contributed by atoms with Crippen LogP contribution < -0.4 is 20.6 Å². The Balaban J connectivity index is 1.47. The number of aromatic nitrogens is 1. The molecule has 4 heterocycles. The van der Waals surface area contributed by atoms with Crippen LogP contribution in [0.15, 0.2) is 42.6 Å². The molecule has 1 unspecified atom stereocenters. The number of likely N-dealkylation sites (N-methyl/N-ethyl adjacent to an activating group) is 1. The number of nitrogens with one attached hydrogen (secondary N) is 1. The fraction of sp³-hybridized carbons (Fsp3) is 0.370. The Kier molecular flexibility index (Phi) is 6.57. The number of methoxy groups -OCH3 is 1. The Morgan fingerprint density at radius 2 is 2.03 bits per heavy atom. The van der Waals surface area contributed by atoms with Crippen LogP contribution in [-0.2, 0) is 12.8 Å². The van der Waals surface area contributed by atoms with E-state index in [-0.39, 0.29) is 5.82 Å². The summed E-state index contributed by atoms with van der Waals surface area (Å²) >= 11 is 1.77. The molecular weight excluding hydrogens is 447 g/mol. The molecule has 0 spiro atoms. The van der Waals surface area contributed by atoms with Gasteiger partial charge in [0.25, 0.3) is 0 Å². The van der Waals surface area contributed by atoms with Crippen molar-refractivity contribution in [3.05, 3.63) is 75.0 Å². The van der Waals surface area contributed by atoms with Crippen LogP contribution in [-0.4, -0.2) is 54.6 Å². The normalized spacial score (nSPS) is 17.9. The van der Waals surface area contributed by atoms with Gasteiger partial charge in [0.05, 0.1) is 24.4 Å². The zero-order valence-electron chi connectivity index (χ0n) is 20.0. The first kappa shape index (κ1) is 22.9. The maximum atomic E-state index is 14.0. The molecule has 2 aliphatic rings. The lowest BCUT2D eigenvalue weighted by atomic mass is 10.0. The molecule has 7 heteroatoms. The summed E-state index contributed by atoms with van der Waals surface area (Å²) in [6.07, 6.45) is 6.30. The summed E-state index contributed by atoms with van der Waals surface area (Å²) in [6.45, 7) is 4.99. The second kappa shape index (κ2) is 9.76. The highest BCUT2D eigenvalue weighted by molar-refractivity contribution is 7.16. The van der Waals surface area contributed by atoms with Crippen molar-refractivity contribution in [2.75, 3.05) is 39.1 Å². The molecule has 3 aromatic rings. The van der Waals surface area contributed by atoms with Crippen molar-refractivity contribution in [1.82, 2.24) is 14.8 Å². The Labute approximate surface area is 204 Å². The predicted molar refractivity (Wildman–Crippen MR) is 137 cm³/mol. The third kappa shape index (κ3) is 4.55. The van der Waals surface area contributed by atoms with Gasteiger partial charge in [-0.3, -0.25) is 9.88 Å². The highest BCUT2D eigenvalue weighted by Crippen LogP contribution is 2.35. The van der Waals surface area contributed by atoms with E-state index in [0.29, 0.717) is 6.04 Å². The standard InChI is InChI=1S/C27H31FN4OS/c1-4-23-14-24-26(25-19(13-20(28)16-29-25)15-30-27(24)34-23)32-12-11-31(2)21(17-32)8-5-18-6-9-22(33-3)10-7-18/h6-7,9-10,13-16,21,30H,4-5,8,11-12,17H2,1-3H3. The maximum Gasteiger partial charge on any atom is 0.142 e. The summed E-state index contributed by atoms with van der Waals surface area (Å²) in [7, 11) is 3.92. The second-order valence-electron chi connectivity index (χ2n) is 9.00. The number of nitrogens with zero attached hydrogens (tertiary/aromatic N) is 3. The summed E-state index contributed by atoms with van der Waals surface area (Å²) in [4.78, 5) is 10.8. The number of piperazine rings is 1. The topological polar surface area (TPSA) is 40.6 Å². The fourth-order valence-electron chi connectivity index (χ4n) is 4.84. The predicted octanol–water partition coefficient (Wildman–Crippen LogP) is 3.42. The average molecular weight is 479 g/mol. The van der Waals surface area contributed by atoms with Crippen LogP contribution in [0.25, 0.3) is 11.9 Å². The van der Waals surface area contributed by atoms with Crippen LogP contribution in [0.5, 0.6) is 5.75 Å². The first-order valence-corrected chi connectivity index (χ1v) is 12.7. The largest absolute Gasteiger partial charge is 0.497 e. The molecule has 0 bridgehead atoms. The van der Waals surface area contributed by atoms with Crippen LogP contribution in [0.3, 0.4) is 0 Å². The Morgan fingerprint density at radius 3 is 2.79 bits per heavy atom. The van der Waals surface area contributed by atoms with E-state index in [1.807, 2.05) is 18.3 Å². The van der Waals surface area contributed by atoms with E-state index in [0.717, 1.165) is 65.9 Å². The maximum absolute atomic E-state index is 14.0. The quantitative estimate of drug-likeness (QED) is 0.588. The van der Waals surface area contributed by atoms with E-state index >= 15 is 0 Å². The van der Waals surface area contributed by atoms with Gasteiger partial charge in [-0.1, -0.05) is 19.1 Å². The molecule has 5 rings (SSSR count). The number of halogens is 1. The summed E-state index contributed by atoms with van der Waals surface area (Å²) in [5, 5.41) is 6.19. The molecule has 0 radical (unpaired) electrons. The number of benzene rings is 1. The molecule has 2 aromatic heterocycles. The summed E-state index contributed by atoms with van der Waals surface area (Å²) in [6, 6.07) is 12.6. The molecule has 1 atom stereocenters. The smallest absolute Gasteiger partial charge is 0.142 e. The van der Waals surface area contributed by atoms with E-state index < -0.39 is 0 Å². The fourth-order valence-corrected chi connectivity index (χ4v) is 5.81. The van der Waals surface area contributed by atoms with Crippen molar-refractivity contribution in [2.24, 2.45) is 0 Å². The van der Waals surface area contributed by atoms with E-state index in [1.165, 1.54) is 22.2 Å². The molecular formula is C27H31FN4OS. The summed E-state index contributed by atoms with van der Waals surface area (Å²) in [5.41, 5.74) is 3.61. The van der Waals surface area contributed by atoms with Crippen molar-refractivity contribution in [2.45, 2.75) is 32.2 Å². The Bertz CT molecular complexity index is 1290. The van der Waals surface area contributed by atoms with Gasteiger partial charge in [0.1, 0.15) is 16.6 Å². The van der Waals surface area contributed by atoms with Crippen LogP contribution in [0.4, 0.5) is 9.39 Å². The zero-order valence-corrected chi connectivity index (χ0v) is 20.8. The molecule has 178 valence electrons. The third-order valence-electron chi connectivity index (χ3n) is 6.87. The van der Waals surface area contributed by atoms with Gasteiger partial charge >= 0.3 is 0 Å². The molecule has 0 amide bonds. The third-order valence-corrected chi connectivity index (χ3v) is 8.08. The van der Waals surface area contributed by atoms with E-state index in [9.17, 15) is 4.39 Å². The van der Waals surface area contributed by atoms with Crippen LogP contribution in [0, 0.1) is 5.82 Å². The minimum absolute atomic E-state index is 0.314. The number of pyridine rings is 1. The molecule has 0 saturated carbocycles.